The predicted octanol–water partition coefficient (Wildman–Crippen LogP) is 3.40. The largest absolute Gasteiger partial charge is 0.352 e. The summed E-state index contributed by atoms with van der Waals surface area (Å²) < 4.78 is 0. The summed E-state index contributed by atoms with van der Waals surface area (Å²) in [4.78, 5) is 36.1. The van der Waals surface area contributed by atoms with Crippen molar-refractivity contribution in [2.24, 2.45) is 5.73 Å². The molecule has 30 heavy (non-hydrogen) atoms. The van der Waals surface area contributed by atoms with Crippen LogP contribution in [0.1, 0.15) is 26.3 Å². The van der Waals surface area contributed by atoms with E-state index in [1.165, 1.54) is 0 Å². The van der Waals surface area contributed by atoms with Crippen LogP contribution in [0.2, 0.25) is 0 Å². The van der Waals surface area contributed by atoms with E-state index in [2.05, 4.69) is 16.0 Å². The first-order valence-electron chi connectivity index (χ1n) is 9.42. The zero-order valence-electron chi connectivity index (χ0n) is 16.2. The first-order chi connectivity index (χ1) is 14.5. The fraction of sp³-hybridized carbons (Fsp3) is 0.0870. The van der Waals surface area contributed by atoms with Crippen molar-refractivity contribution >= 4 is 29.2 Å². The molecule has 0 radical (unpaired) electrons. The Kier molecular flexibility index (Phi) is 6.78. The molecule has 7 heteroatoms. The van der Waals surface area contributed by atoms with Gasteiger partial charge >= 0.3 is 6.03 Å². The molecule has 0 aromatic heterocycles. The van der Waals surface area contributed by atoms with Gasteiger partial charge in [-0.15, -0.1) is 0 Å². The van der Waals surface area contributed by atoms with Gasteiger partial charge in [0, 0.05) is 17.8 Å². The summed E-state index contributed by atoms with van der Waals surface area (Å²) in [6.45, 7) is 0.486. The first kappa shape index (κ1) is 20.6. The molecule has 4 amide bonds. The number of para-hydroxylation sites is 1. The summed E-state index contributed by atoms with van der Waals surface area (Å²) in [7, 11) is 0. The van der Waals surface area contributed by atoms with Crippen molar-refractivity contribution in [1.29, 1.82) is 0 Å². The number of primary amides is 1. The van der Waals surface area contributed by atoms with E-state index in [1.807, 2.05) is 30.3 Å². The first-order valence-corrected chi connectivity index (χ1v) is 9.42. The van der Waals surface area contributed by atoms with Gasteiger partial charge in [-0.3, -0.25) is 9.59 Å². The Morgan fingerprint density at radius 3 is 2.10 bits per heavy atom. The molecule has 0 bridgehead atoms. The highest BCUT2D eigenvalue weighted by Gasteiger charge is 2.14. The monoisotopic (exact) mass is 402 g/mol. The summed E-state index contributed by atoms with van der Waals surface area (Å²) in [6.07, 6.45) is 0.715. The van der Waals surface area contributed by atoms with Gasteiger partial charge < -0.3 is 21.7 Å². The van der Waals surface area contributed by atoms with E-state index in [-0.39, 0.29) is 11.8 Å². The van der Waals surface area contributed by atoms with Gasteiger partial charge in [0.15, 0.2) is 0 Å². The second-order valence-electron chi connectivity index (χ2n) is 6.56. The van der Waals surface area contributed by atoms with Crippen molar-refractivity contribution in [1.82, 2.24) is 5.32 Å². The number of nitrogens with two attached hydrogens (primary N) is 1. The van der Waals surface area contributed by atoms with Gasteiger partial charge in [-0.2, -0.15) is 0 Å². The third-order valence-corrected chi connectivity index (χ3v) is 4.38. The van der Waals surface area contributed by atoms with Crippen LogP contribution in [0, 0.1) is 0 Å². The lowest BCUT2D eigenvalue weighted by atomic mass is 10.1. The fourth-order valence-corrected chi connectivity index (χ4v) is 2.89. The van der Waals surface area contributed by atoms with Crippen molar-refractivity contribution in [3.05, 3.63) is 95.6 Å². The average molecular weight is 402 g/mol. The molecular weight excluding hydrogens is 380 g/mol. The number of rotatable bonds is 7. The van der Waals surface area contributed by atoms with Gasteiger partial charge in [-0.05, 0) is 48.4 Å². The number of benzene rings is 3. The van der Waals surface area contributed by atoms with E-state index in [0.29, 0.717) is 35.5 Å². The van der Waals surface area contributed by atoms with Gasteiger partial charge in [-0.1, -0.05) is 42.5 Å². The third kappa shape index (κ3) is 5.68. The number of carbonyl (C=O) groups is 3. The molecule has 0 unspecified atom stereocenters. The summed E-state index contributed by atoms with van der Waals surface area (Å²) in [5.41, 5.74) is 7.86. The molecule has 152 valence electrons. The normalized spacial score (nSPS) is 10.1. The number of nitrogens with one attached hydrogen (secondary N) is 3. The van der Waals surface area contributed by atoms with E-state index in [9.17, 15) is 14.4 Å². The molecule has 3 aromatic carbocycles. The van der Waals surface area contributed by atoms with Crippen LogP contribution in [0.25, 0.3) is 0 Å². The van der Waals surface area contributed by atoms with Gasteiger partial charge in [0.05, 0.1) is 11.3 Å². The van der Waals surface area contributed by atoms with Crippen LogP contribution in [0.4, 0.5) is 16.2 Å². The van der Waals surface area contributed by atoms with Crippen molar-refractivity contribution < 1.29 is 14.4 Å². The van der Waals surface area contributed by atoms with Crippen molar-refractivity contribution in [2.45, 2.75) is 6.42 Å². The predicted molar refractivity (Wildman–Crippen MR) is 117 cm³/mol. The molecule has 5 N–H and O–H groups in total. The summed E-state index contributed by atoms with van der Waals surface area (Å²) >= 11 is 0. The minimum Gasteiger partial charge on any atom is -0.352 e. The number of urea groups is 1. The van der Waals surface area contributed by atoms with Crippen LogP contribution in [0.3, 0.4) is 0 Å². The lowest BCUT2D eigenvalue weighted by Crippen LogP contribution is -2.27. The van der Waals surface area contributed by atoms with Crippen LogP contribution in [0.5, 0.6) is 0 Å². The lowest BCUT2D eigenvalue weighted by Gasteiger charge is -2.12. The molecule has 0 saturated heterocycles. The van der Waals surface area contributed by atoms with E-state index in [1.54, 1.807) is 48.5 Å². The van der Waals surface area contributed by atoms with Gasteiger partial charge in [0.2, 0.25) is 0 Å². The average Bonchev–Trinajstić information content (AvgIpc) is 2.75. The Morgan fingerprint density at radius 2 is 1.40 bits per heavy atom. The van der Waals surface area contributed by atoms with Gasteiger partial charge in [0.25, 0.3) is 11.8 Å². The highest BCUT2D eigenvalue weighted by atomic mass is 16.2. The van der Waals surface area contributed by atoms with Crippen molar-refractivity contribution in [3.8, 4) is 0 Å². The smallest absolute Gasteiger partial charge is 0.316 e. The topological polar surface area (TPSA) is 113 Å². The number of carbonyl (C=O) groups excluding carboxylic acids is 3. The standard InChI is InChI=1S/C23H22N4O3/c24-23(30)26-18-12-10-17(11-13-18)21(28)27-20-9-5-4-8-19(20)22(29)25-15-14-16-6-2-1-3-7-16/h1-13H,14-15H2,(H,25,29)(H,27,28)(H3,24,26,30). The fourth-order valence-electron chi connectivity index (χ4n) is 2.89. The second-order valence-corrected chi connectivity index (χ2v) is 6.56. The molecule has 0 heterocycles. The quantitative estimate of drug-likeness (QED) is 0.486. The number of anilines is 2. The molecule has 0 atom stereocenters. The molecule has 7 nitrogen and oxygen atoms in total. The Hall–Kier alpha value is -4.13. The second kappa shape index (κ2) is 9.88. The van der Waals surface area contributed by atoms with E-state index < -0.39 is 6.03 Å². The van der Waals surface area contributed by atoms with E-state index in [4.69, 9.17) is 5.73 Å². The van der Waals surface area contributed by atoms with Crippen molar-refractivity contribution in [3.63, 3.8) is 0 Å². The maximum atomic E-state index is 12.6. The molecule has 0 aliphatic carbocycles. The Bertz CT molecular complexity index is 1030. The molecule has 0 fully saturated rings. The Morgan fingerprint density at radius 1 is 0.733 bits per heavy atom. The summed E-state index contributed by atoms with van der Waals surface area (Å²) in [5, 5.41) is 8.08. The molecule has 3 aromatic rings. The van der Waals surface area contributed by atoms with Crippen LogP contribution >= 0.6 is 0 Å². The number of hydrogen-bond donors (Lipinski definition) is 4. The van der Waals surface area contributed by atoms with E-state index >= 15 is 0 Å². The molecule has 0 aliphatic rings. The number of amides is 4. The van der Waals surface area contributed by atoms with Crippen LogP contribution < -0.4 is 21.7 Å². The van der Waals surface area contributed by atoms with Crippen LogP contribution in [-0.2, 0) is 6.42 Å². The number of hydrogen-bond acceptors (Lipinski definition) is 3. The SMILES string of the molecule is NC(=O)Nc1ccc(C(=O)Nc2ccccc2C(=O)NCCc2ccccc2)cc1. The zero-order chi connectivity index (χ0) is 21.3. The molecule has 0 spiro atoms. The molecule has 3 rings (SSSR count). The summed E-state index contributed by atoms with van der Waals surface area (Å²) in [5.74, 6) is -0.631. The maximum absolute atomic E-state index is 12.6. The van der Waals surface area contributed by atoms with E-state index in [0.717, 1.165) is 5.56 Å². The molecule has 0 saturated carbocycles. The molecular formula is C23H22N4O3. The Balaban J connectivity index is 1.63. The Labute approximate surface area is 174 Å². The minimum absolute atomic E-state index is 0.261. The van der Waals surface area contributed by atoms with Crippen molar-refractivity contribution in [2.75, 3.05) is 17.2 Å². The zero-order valence-corrected chi connectivity index (χ0v) is 16.2. The third-order valence-electron chi connectivity index (χ3n) is 4.38. The minimum atomic E-state index is -0.681. The van der Waals surface area contributed by atoms with Gasteiger partial charge in [-0.25, -0.2) is 4.79 Å². The molecule has 0 aliphatic heterocycles. The lowest BCUT2D eigenvalue weighted by molar-refractivity contribution is 0.0955. The summed E-state index contributed by atoms with van der Waals surface area (Å²) in [6, 6.07) is 22.3. The van der Waals surface area contributed by atoms with Crippen LogP contribution in [0.15, 0.2) is 78.9 Å². The van der Waals surface area contributed by atoms with Crippen LogP contribution in [-0.4, -0.2) is 24.4 Å². The van der Waals surface area contributed by atoms with Gasteiger partial charge in [0.1, 0.15) is 0 Å². The highest BCUT2D eigenvalue weighted by molar-refractivity contribution is 6.09. The maximum Gasteiger partial charge on any atom is 0.316 e. The highest BCUT2D eigenvalue weighted by Crippen LogP contribution is 2.17.